The quantitative estimate of drug-likeness (QED) is 0.374. The first kappa shape index (κ1) is 10.3. The van der Waals surface area contributed by atoms with Gasteiger partial charge in [-0.2, -0.15) is 0 Å². The van der Waals surface area contributed by atoms with Crippen LogP contribution in [0.25, 0.3) is 0 Å². The Morgan fingerprint density at radius 1 is 0.846 bits per heavy atom. The SMILES string of the molecule is Cc1cc(B(O)O)cc(B(O)O)c1. The van der Waals surface area contributed by atoms with Gasteiger partial charge < -0.3 is 20.1 Å². The van der Waals surface area contributed by atoms with Gasteiger partial charge in [-0.3, -0.25) is 0 Å². The average molecular weight is 180 g/mol. The molecule has 0 aliphatic carbocycles. The van der Waals surface area contributed by atoms with E-state index in [1.54, 1.807) is 19.1 Å². The van der Waals surface area contributed by atoms with Crippen molar-refractivity contribution in [1.82, 2.24) is 0 Å². The molecule has 0 aliphatic heterocycles. The van der Waals surface area contributed by atoms with E-state index in [4.69, 9.17) is 20.1 Å². The second-order valence-electron chi connectivity index (χ2n) is 2.92. The molecule has 0 amide bonds. The zero-order chi connectivity index (χ0) is 10.0. The van der Waals surface area contributed by atoms with Crippen LogP contribution in [-0.2, 0) is 0 Å². The van der Waals surface area contributed by atoms with Crippen molar-refractivity contribution in [2.75, 3.05) is 0 Å². The molecule has 0 radical (unpaired) electrons. The predicted molar refractivity (Wildman–Crippen MR) is 50.8 cm³/mol. The highest BCUT2D eigenvalue weighted by molar-refractivity contribution is 6.62. The number of hydrogen-bond acceptors (Lipinski definition) is 4. The molecule has 0 unspecified atom stereocenters. The summed E-state index contributed by atoms with van der Waals surface area (Å²) >= 11 is 0. The summed E-state index contributed by atoms with van der Waals surface area (Å²) in [7, 11) is -3.17. The second-order valence-corrected chi connectivity index (χ2v) is 2.92. The third-order valence-corrected chi connectivity index (χ3v) is 1.72. The third-order valence-electron chi connectivity index (χ3n) is 1.72. The van der Waals surface area contributed by atoms with E-state index in [1.165, 1.54) is 6.07 Å². The molecular weight excluding hydrogens is 170 g/mol. The molecule has 68 valence electrons. The van der Waals surface area contributed by atoms with Crippen LogP contribution in [0.1, 0.15) is 5.56 Å². The molecule has 6 heteroatoms. The lowest BCUT2D eigenvalue weighted by Gasteiger charge is -2.05. The van der Waals surface area contributed by atoms with Gasteiger partial charge in [-0.25, -0.2) is 0 Å². The molecule has 0 spiro atoms. The fourth-order valence-electron chi connectivity index (χ4n) is 1.14. The van der Waals surface area contributed by atoms with Gasteiger partial charge in [0, 0.05) is 0 Å². The molecule has 0 atom stereocenters. The molecule has 0 heterocycles. The number of aryl methyl sites for hydroxylation is 1. The Kier molecular flexibility index (Phi) is 3.11. The van der Waals surface area contributed by atoms with Crippen molar-refractivity contribution >= 4 is 25.2 Å². The second kappa shape index (κ2) is 3.93. The van der Waals surface area contributed by atoms with Gasteiger partial charge in [-0.15, -0.1) is 0 Å². The van der Waals surface area contributed by atoms with Crippen LogP contribution in [0.3, 0.4) is 0 Å². The van der Waals surface area contributed by atoms with Crippen LogP contribution >= 0.6 is 0 Å². The molecule has 0 saturated heterocycles. The predicted octanol–water partition coefficient (Wildman–Crippen LogP) is -2.65. The molecule has 1 rings (SSSR count). The minimum atomic E-state index is -1.59. The van der Waals surface area contributed by atoms with Crippen LogP contribution in [0.15, 0.2) is 18.2 Å². The summed E-state index contributed by atoms with van der Waals surface area (Å²) in [6.07, 6.45) is 0. The van der Waals surface area contributed by atoms with Crippen LogP contribution < -0.4 is 10.9 Å². The normalized spacial score (nSPS) is 9.92. The Morgan fingerprint density at radius 2 is 1.23 bits per heavy atom. The van der Waals surface area contributed by atoms with Gasteiger partial charge >= 0.3 is 14.2 Å². The fraction of sp³-hybridized carbons (Fsp3) is 0.143. The lowest BCUT2D eigenvalue weighted by molar-refractivity contribution is 0.425. The molecule has 4 nitrogen and oxygen atoms in total. The molecule has 1 aromatic carbocycles. The smallest absolute Gasteiger partial charge is 0.423 e. The maximum atomic E-state index is 8.85. The third kappa shape index (κ3) is 2.57. The Balaban J connectivity index is 3.11. The lowest BCUT2D eigenvalue weighted by Crippen LogP contribution is -2.38. The highest BCUT2D eigenvalue weighted by Gasteiger charge is 2.17. The molecule has 0 fully saturated rings. The van der Waals surface area contributed by atoms with Gasteiger partial charge in [-0.05, 0) is 17.8 Å². The van der Waals surface area contributed by atoms with Gasteiger partial charge in [0.2, 0.25) is 0 Å². The van der Waals surface area contributed by atoms with Crippen LogP contribution in [0.2, 0.25) is 0 Å². The molecule has 1 aromatic rings. The van der Waals surface area contributed by atoms with E-state index < -0.39 is 14.2 Å². The number of rotatable bonds is 2. The molecule has 0 saturated carbocycles. The van der Waals surface area contributed by atoms with Crippen molar-refractivity contribution in [3.63, 3.8) is 0 Å². The first-order valence-electron chi connectivity index (χ1n) is 3.84. The van der Waals surface area contributed by atoms with Crippen molar-refractivity contribution in [2.45, 2.75) is 6.92 Å². The molecule has 0 bridgehead atoms. The first-order valence-corrected chi connectivity index (χ1v) is 3.84. The van der Waals surface area contributed by atoms with Crippen LogP contribution in [-0.4, -0.2) is 34.3 Å². The first-order chi connectivity index (χ1) is 6.00. The van der Waals surface area contributed by atoms with Gasteiger partial charge in [0.25, 0.3) is 0 Å². The number of benzene rings is 1. The van der Waals surface area contributed by atoms with Crippen molar-refractivity contribution in [3.8, 4) is 0 Å². The minimum absolute atomic E-state index is 0.253. The van der Waals surface area contributed by atoms with Gasteiger partial charge in [0.15, 0.2) is 0 Å². The van der Waals surface area contributed by atoms with Crippen molar-refractivity contribution in [2.24, 2.45) is 0 Å². The molecular formula is C7H10B2O4. The topological polar surface area (TPSA) is 80.9 Å². The van der Waals surface area contributed by atoms with E-state index >= 15 is 0 Å². The van der Waals surface area contributed by atoms with Gasteiger partial charge in [0.05, 0.1) is 0 Å². The standard InChI is InChI=1S/C7H10B2O4/c1-5-2-6(8(10)11)4-7(3-5)9(12)13/h2-4,10-13H,1H3. The van der Waals surface area contributed by atoms with Crippen LogP contribution in [0.4, 0.5) is 0 Å². The highest BCUT2D eigenvalue weighted by atomic mass is 16.4. The van der Waals surface area contributed by atoms with Crippen LogP contribution in [0.5, 0.6) is 0 Å². The summed E-state index contributed by atoms with van der Waals surface area (Å²) in [4.78, 5) is 0. The molecule has 0 aromatic heterocycles. The van der Waals surface area contributed by atoms with Crippen molar-refractivity contribution < 1.29 is 20.1 Å². The maximum absolute atomic E-state index is 8.85. The van der Waals surface area contributed by atoms with Gasteiger partial charge in [-0.1, -0.05) is 23.8 Å². The Labute approximate surface area is 76.8 Å². The monoisotopic (exact) mass is 180 g/mol. The average Bonchev–Trinajstić information content (AvgIpc) is 2.03. The summed E-state index contributed by atoms with van der Waals surface area (Å²) in [6.45, 7) is 1.73. The summed E-state index contributed by atoms with van der Waals surface area (Å²) in [5.74, 6) is 0. The lowest BCUT2D eigenvalue weighted by atomic mass is 9.72. The van der Waals surface area contributed by atoms with E-state index in [-0.39, 0.29) is 10.9 Å². The summed E-state index contributed by atoms with van der Waals surface area (Å²) in [6, 6.07) is 4.47. The van der Waals surface area contributed by atoms with E-state index in [1.807, 2.05) is 0 Å². The summed E-state index contributed by atoms with van der Waals surface area (Å²) in [5.41, 5.74) is 1.25. The zero-order valence-corrected chi connectivity index (χ0v) is 7.18. The van der Waals surface area contributed by atoms with Crippen LogP contribution in [0, 0.1) is 6.92 Å². The molecule has 4 N–H and O–H groups in total. The Bertz CT molecular complexity index is 274. The van der Waals surface area contributed by atoms with E-state index in [2.05, 4.69) is 0 Å². The summed E-state index contributed by atoms with van der Waals surface area (Å²) < 4.78 is 0. The van der Waals surface area contributed by atoms with Gasteiger partial charge in [0.1, 0.15) is 0 Å². The molecule has 13 heavy (non-hydrogen) atoms. The van der Waals surface area contributed by atoms with Crippen molar-refractivity contribution in [1.29, 1.82) is 0 Å². The fourth-order valence-corrected chi connectivity index (χ4v) is 1.14. The minimum Gasteiger partial charge on any atom is -0.423 e. The number of hydrogen-bond donors (Lipinski definition) is 4. The van der Waals surface area contributed by atoms with E-state index in [9.17, 15) is 0 Å². The zero-order valence-electron chi connectivity index (χ0n) is 7.18. The molecule has 0 aliphatic rings. The van der Waals surface area contributed by atoms with E-state index in [0.29, 0.717) is 0 Å². The Hall–Kier alpha value is -0.810. The summed E-state index contributed by atoms with van der Waals surface area (Å²) in [5, 5.41) is 35.4. The highest BCUT2D eigenvalue weighted by Crippen LogP contribution is 1.92. The van der Waals surface area contributed by atoms with E-state index in [0.717, 1.165) is 5.56 Å². The Morgan fingerprint density at radius 3 is 1.54 bits per heavy atom. The largest absolute Gasteiger partial charge is 0.488 e. The maximum Gasteiger partial charge on any atom is 0.488 e. The van der Waals surface area contributed by atoms with Crippen molar-refractivity contribution in [3.05, 3.63) is 23.8 Å².